The Bertz CT molecular complexity index is 1810. The van der Waals surface area contributed by atoms with Gasteiger partial charge in [0.1, 0.15) is 12.4 Å². The van der Waals surface area contributed by atoms with Crippen LogP contribution in [0, 0.1) is 11.8 Å². The van der Waals surface area contributed by atoms with E-state index in [1.807, 2.05) is 60.8 Å². The fraction of sp³-hybridized carbons (Fsp3) is 0.0645. The SMILES string of the molecule is CS(=O)(=O)c1ccc(OCc2ccc(C#Cc3cccc(C(=O)O)c3-c3ccc4cc[nH]c4c3)cc2)cc1. The van der Waals surface area contributed by atoms with Crippen LogP contribution in [0.25, 0.3) is 22.0 Å². The molecule has 188 valence electrons. The summed E-state index contributed by atoms with van der Waals surface area (Å²) in [5.41, 5.74) is 4.80. The first-order valence-electron chi connectivity index (χ1n) is 11.8. The number of fused-ring (bicyclic) bond motifs is 1. The maximum Gasteiger partial charge on any atom is 0.336 e. The van der Waals surface area contributed by atoms with Crippen LogP contribution in [0.5, 0.6) is 5.75 Å². The Morgan fingerprint density at radius 3 is 2.39 bits per heavy atom. The molecule has 1 aromatic heterocycles. The summed E-state index contributed by atoms with van der Waals surface area (Å²) in [6.07, 6.45) is 3.01. The molecule has 0 aliphatic carbocycles. The van der Waals surface area contributed by atoms with Gasteiger partial charge in [-0.25, -0.2) is 13.2 Å². The lowest BCUT2D eigenvalue weighted by atomic mass is 9.93. The normalized spacial score (nSPS) is 11.1. The number of carboxylic acids is 1. The summed E-state index contributed by atoms with van der Waals surface area (Å²) < 4.78 is 29.0. The quantitative estimate of drug-likeness (QED) is 0.271. The third kappa shape index (κ3) is 5.46. The standard InChI is InChI=1S/C31H23NO5S/c1-38(35,36)27-15-13-26(14-16-27)37-20-22-7-5-21(6-8-22)9-10-24-3-2-4-28(31(33)34)30(24)25-12-11-23-17-18-32-29(23)19-25/h2-8,11-19,32H,20H2,1H3,(H,33,34). The number of hydrogen-bond donors (Lipinski definition) is 2. The molecule has 0 saturated heterocycles. The molecule has 6 nitrogen and oxygen atoms in total. The maximum atomic E-state index is 12.0. The van der Waals surface area contributed by atoms with E-state index in [1.165, 1.54) is 18.4 Å². The number of ether oxygens (including phenoxy) is 1. The molecule has 0 aliphatic heterocycles. The molecule has 7 heteroatoms. The Morgan fingerprint density at radius 1 is 0.921 bits per heavy atom. The first kappa shape index (κ1) is 24.9. The average Bonchev–Trinajstić information content (AvgIpc) is 3.39. The van der Waals surface area contributed by atoms with Crippen molar-refractivity contribution in [3.05, 3.63) is 119 Å². The number of sulfone groups is 1. The van der Waals surface area contributed by atoms with Crippen LogP contribution in [0.3, 0.4) is 0 Å². The zero-order valence-electron chi connectivity index (χ0n) is 20.4. The molecule has 38 heavy (non-hydrogen) atoms. The van der Waals surface area contributed by atoms with E-state index >= 15 is 0 Å². The Balaban J connectivity index is 1.36. The molecule has 0 radical (unpaired) electrons. The molecule has 0 spiro atoms. The van der Waals surface area contributed by atoms with E-state index in [4.69, 9.17) is 4.74 Å². The first-order chi connectivity index (χ1) is 18.3. The molecule has 2 N–H and O–H groups in total. The van der Waals surface area contributed by atoms with Crippen LogP contribution in [-0.4, -0.2) is 30.7 Å². The van der Waals surface area contributed by atoms with Crippen LogP contribution in [0.15, 0.2) is 102 Å². The van der Waals surface area contributed by atoms with Crippen molar-refractivity contribution >= 4 is 26.7 Å². The number of carboxylic acid groups (broad SMARTS) is 1. The van der Waals surface area contributed by atoms with Gasteiger partial charge in [-0.1, -0.05) is 42.2 Å². The lowest BCUT2D eigenvalue weighted by molar-refractivity contribution is 0.0697. The molecule has 5 rings (SSSR count). The summed E-state index contributed by atoms with van der Waals surface area (Å²) in [7, 11) is -3.25. The molecule has 1 heterocycles. The van der Waals surface area contributed by atoms with E-state index in [0.29, 0.717) is 23.5 Å². The number of nitrogens with one attached hydrogen (secondary N) is 1. The van der Waals surface area contributed by atoms with Crippen molar-refractivity contribution in [1.82, 2.24) is 4.98 Å². The molecule has 0 unspecified atom stereocenters. The van der Waals surface area contributed by atoms with E-state index in [0.717, 1.165) is 27.6 Å². The molecular formula is C31H23NO5S. The molecule has 5 aromatic rings. The van der Waals surface area contributed by atoms with Crippen LogP contribution in [0.2, 0.25) is 0 Å². The van der Waals surface area contributed by atoms with E-state index in [-0.39, 0.29) is 10.5 Å². The third-order valence-corrected chi connectivity index (χ3v) is 7.22. The number of benzene rings is 4. The van der Waals surface area contributed by atoms with Gasteiger partial charge in [0.05, 0.1) is 10.5 Å². The van der Waals surface area contributed by atoms with Crippen molar-refractivity contribution in [3.63, 3.8) is 0 Å². The zero-order chi connectivity index (χ0) is 26.7. The number of rotatable bonds is 6. The molecule has 0 saturated carbocycles. The molecule has 0 amide bonds. The summed E-state index contributed by atoms with van der Waals surface area (Å²) >= 11 is 0. The highest BCUT2D eigenvalue weighted by Gasteiger charge is 2.15. The topological polar surface area (TPSA) is 96.5 Å². The van der Waals surface area contributed by atoms with Gasteiger partial charge < -0.3 is 14.8 Å². The highest BCUT2D eigenvalue weighted by molar-refractivity contribution is 7.90. The smallest absolute Gasteiger partial charge is 0.336 e. The monoisotopic (exact) mass is 521 g/mol. The molecule has 0 atom stereocenters. The lowest BCUT2D eigenvalue weighted by Crippen LogP contribution is -2.01. The van der Waals surface area contributed by atoms with Crippen LogP contribution < -0.4 is 4.74 Å². The van der Waals surface area contributed by atoms with Gasteiger partial charge in [0.25, 0.3) is 0 Å². The average molecular weight is 522 g/mol. The van der Waals surface area contributed by atoms with Gasteiger partial charge in [0, 0.05) is 34.7 Å². The molecule has 0 bridgehead atoms. The molecular weight excluding hydrogens is 498 g/mol. The second-order valence-electron chi connectivity index (χ2n) is 8.79. The van der Waals surface area contributed by atoms with Gasteiger partial charge in [0.15, 0.2) is 9.84 Å². The number of carbonyl (C=O) groups is 1. The molecule has 0 aliphatic rings. The summed E-state index contributed by atoms with van der Waals surface area (Å²) in [4.78, 5) is 15.4. The number of hydrogen-bond acceptors (Lipinski definition) is 4. The second-order valence-corrected chi connectivity index (χ2v) is 10.8. The van der Waals surface area contributed by atoms with E-state index in [2.05, 4.69) is 16.8 Å². The van der Waals surface area contributed by atoms with Crippen molar-refractivity contribution in [2.45, 2.75) is 11.5 Å². The Morgan fingerprint density at radius 2 is 1.68 bits per heavy atom. The Kier molecular flexibility index (Phi) is 6.73. The first-order valence-corrected chi connectivity index (χ1v) is 13.6. The minimum Gasteiger partial charge on any atom is -0.489 e. The van der Waals surface area contributed by atoms with Crippen LogP contribution in [0.4, 0.5) is 0 Å². The van der Waals surface area contributed by atoms with Crippen molar-refractivity contribution in [1.29, 1.82) is 0 Å². The summed E-state index contributed by atoms with van der Waals surface area (Å²) in [6, 6.07) is 26.8. The fourth-order valence-electron chi connectivity index (χ4n) is 4.12. The van der Waals surface area contributed by atoms with Crippen molar-refractivity contribution < 1.29 is 23.1 Å². The number of aromatic amines is 1. The van der Waals surface area contributed by atoms with Gasteiger partial charge in [-0.05, 0) is 77.2 Å². The van der Waals surface area contributed by atoms with Crippen LogP contribution in [-0.2, 0) is 16.4 Å². The summed E-state index contributed by atoms with van der Waals surface area (Å²) in [6.45, 7) is 0.317. The number of H-pyrrole nitrogens is 1. The van der Waals surface area contributed by atoms with E-state index < -0.39 is 15.8 Å². The predicted octanol–water partition coefficient (Wildman–Crippen LogP) is 5.92. The largest absolute Gasteiger partial charge is 0.489 e. The lowest BCUT2D eigenvalue weighted by Gasteiger charge is -2.10. The van der Waals surface area contributed by atoms with Gasteiger partial charge in [-0.3, -0.25) is 0 Å². The van der Waals surface area contributed by atoms with Gasteiger partial charge in [-0.15, -0.1) is 0 Å². The summed E-state index contributed by atoms with van der Waals surface area (Å²) in [5, 5.41) is 10.9. The minimum atomic E-state index is -3.25. The van der Waals surface area contributed by atoms with E-state index in [9.17, 15) is 18.3 Å². The van der Waals surface area contributed by atoms with Gasteiger partial charge in [0.2, 0.25) is 0 Å². The Labute approximate surface area is 220 Å². The molecule has 4 aromatic carbocycles. The molecule has 0 fully saturated rings. The van der Waals surface area contributed by atoms with Crippen molar-refractivity contribution in [2.75, 3.05) is 6.26 Å². The van der Waals surface area contributed by atoms with Crippen LogP contribution >= 0.6 is 0 Å². The minimum absolute atomic E-state index is 0.194. The number of aromatic nitrogens is 1. The van der Waals surface area contributed by atoms with Gasteiger partial charge in [-0.2, -0.15) is 0 Å². The van der Waals surface area contributed by atoms with Gasteiger partial charge >= 0.3 is 5.97 Å². The third-order valence-electron chi connectivity index (χ3n) is 6.09. The Hall–Kier alpha value is -4.80. The second kappa shape index (κ2) is 10.3. The zero-order valence-corrected chi connectivity index (χ0v) is 21.2. The number of aromatic carboxylic acids is 1. The summed E-state index contributed by atoms with van der Waals surface area (Å²) in [5.74, 6) is 5.86. The van der Waals surface area contributed by atoms with Crippen molar-refractivity contribution in [3.8, 4) is 28.7 Å². The highest BCUT2D eigenvalue weighted by Crippen LogP contribution is 2.30. The van der Waals surface area contributed by atoms with Crippen molar-refractivity contribution in [2.24, 2.45) is 0 Å². The fourth-order valence-corrected chi connectivity index (χ4v) is 4.75. The van der Waals surface area contributed by atoms with Crippen LogP contribution in [0.1, 0.15) is 27.0 Å². The predicted molar refractivity (Wildman–Crippen MR) is 147 cm³/mol. The highest BCUT2D eigenvalue weighted by atomic mass is 32.2. The van der Waals surface area contributed by atoms with E-state index in [1.54, 1.807) is 24.3 Å². The maximum absolute atomic E-state index is 12.0.